The molecule has 0 fully saturated rings. The van der Waals surface area contributed by atoms with Crippen LogP contribution in [-0.4, -0.2) is 37.0 Å². The molecule has 9 aromatic rings. The molecule has 4 heterocycles. The van der Waals surface area contributed by atoms with E-state index in [-0.39, 0.29) is 0 Å². The molecule has 0 bridgehead atoms. The Labute approximate surface area is 423 Å². The normalized spacial score (nSPS) is 13.6. The number of hydrogen-bond donors (Lipinski definition) is 0. The van der Waals surface area contributed by atoms with Gasteiger partial charge in [-0.05, 0) is 126 Å². The number of aryl methyl sites for hydroxylation is 4. The van der Waals surface area contributed by atoms with Crippen molar-refractivity contribution in [2.75, 3.05) is 0 Å². The molecule has 8 nitrogen and oxygen atoms in total. The van der Waals surface area contributed by atoms with Crippen molar-refractivity contribution in [2.45, 2.75) is 64.6 Å². The number of halogens is 6. The van der Waals surface area contributed by atoms with E-state index in [0.717, 1.165) is 25.9 Å². The zero-order valence-corrected chi connectivity index (χ0v) is 41.9. The molecular weight excluding hydrogens is 999 g/mol. The van der Waals surface area contributed by atoms with Gasteiger partial charge in [-0.1, -0.05) is 121 Å². The molecule has 0 saturated heterocycles. The van der Waals surface area contributed by atoms with Gasteiger partial charge in [0.15, 0.2) is 45.7 Å². The summed E-state index contributed by atoms with van der Waals surface area (Å²) in [5, 5.41) is 10.5. The molecular formula is C58H46F6N2O6S2. The second kappa shape index (κ2) is 19.6. The summed E-state index contributed by atoms with van der Waals surface area (Å²) in [5.41, 5.74) is 7.77. The molecule has 378 valence electrons. The Morgan fingerprint density at radius 3 is 0.973 bits per heavy atom. The van der Waals surface area contributed by atoms with Gasteiger partial charge in [-0.3, -0.25) is 0 Å². The number of rotatable bonds is 4. The molecule has 74 heavy (non-hydrogen) atoms. The number of alkyl halides is 6. The summed E-state index contributed by atoms with van der Waals surface area (Å²) in [5.74, 6) is 0. The van der Waals surface area contributed by atoms with E-state index in [1.807, 2.05) is 0 Å². The molecule has 16 heteroatoms. The number of fused-ring (bicyclic) bond motifs is 11. The summed E-state index contributed by atoms with van der Waals surface area (Å²) in [6, 6.07) is 44.9. The maximum absolute atomic E-state index is 10.7. The highest BCUT2D eigenvalue weighted by molar-refractivity contribution is 7.86. The zero-order valence-electron chi connectivity index (χ0n) is 40.3. The Bertz CT molecular complexity index is 3680. The molecule has 0 amide bonds. The fraction of sp³-hybridized carbons (Fsp3) is 0.172. The number of aromatic nitrogens is 2. The molecule has 0 spiro atoms. The van der Waals surface area contributed by atoms with Gasteiger partial charge in [0.1, 0.15) is 0 Å². The van der Waals surface area contributed by atoms with Gasteiger partial charge in [0.2, 0.25) is 11.4 Å². The van der Waals surface area contributed by atoms with E-state index in [2.05, 4.69) is 195 Å². The summed E-state index contributed by atoms with van der Waals surface area (Å²) in [6.45, 7) is 11.2. The summed E-state index contributed by atoms with van der Waals surface area (Å²) in [4.78, 5) is 0. The average molecular weight is 1050 g/mol. The Balaban J connectivity index is 0.000000366. The number of benzene rings is 7. The molecule has 2 aromatic heterocycles. The summed E-state index contributed by atoms with van der Waals surface area (Å²) < 4.78 is 123. The van der Waals surface area contributed by atoms with Crippen LogP contribution in [0, 0.1) is 27.7 Å². The van der Waals surface area contributed by atoms with Crippen molar-refractivity contribution >= 4 is 87.6 Å². The molecule has 0 unspecified atom stereocenters. The quantitative estimate of drug-likeness (QED) is 0.0569. The van der Waals surface area contributed by atoms with Crippen molar-refractivity contribution in [1.29, 1.82) is 0 Å². The standard InChI is InChI=1S/C56H46N2.2CHF3O3S/c1-35-36(2)46-28-32-58-30-26-40(22-24-52-49-19-11-7-15-43(49)38(4)44-16-8-12-20-50(44)52)34-54(58)56(46)55-45(35)27-31-57-29-25-39(33-53(55)57)21-23-51-47-17-9-5-13-41(47)37(3)42-14-6-10-18-48(42)51;2*2-1(3,4)8(5,6)7/h5-26,29-30,33-34H,27-28,31-32H2,1-4H3;2*(H,5,6,7)/q+2;;/p-2/b23-21+,24-22+;;. The SMILES string of the molecule is Cc1c(C)c2c(c3c1CC[n+]1ccc(/C=C/c4c5ccccc5c(C)c5ccccc45)cc1-3)-c1cc(/C=C/c3c4ccccc4c(C)c4ccccc34)cc[n+]1CC2.O=S(=O)([O-])C(F)(F)F.O=S(=O)([O-])C(F)(F)F. The molecule has 0 saturated carbocycles. The first kappa shape index (κ1) is 51.7. The molecule has 7 aromatic carbocycles. The van der Waals surface area contributed by atoms with Crippen molar-refractivity contribution in [1.82, 2.24) is 0 Å². The third-order valence-corrected chi connectivity index (χ3v) is 15.2. The van der Waals surface area contributed by atoms with E-state index >= 15 is 0 Å². The molecule has 0 aliphatic carbocycles. The summed E-state index contributed by atoms with van der Waals surface area (Å²) in [7, 11) is -12.2. The van der Waals surface area contributed by atoms with Gasteiger partial charge in [0.05, 0.1) is 11.1 Å². The first-order chi connectivity index (χ1) is 34.9. The summed E-state index contributed by atoms with van der Waals surface area (Å²) in [6.07, 6.45) is 16.1. The second-order valence-corrected chi connectivity index (χ2v) is 21.0. The summed E-state index contributed by atoms with van der Waals surface area (Å²) >= 11 is 0. The average Bonchev–Trinajstić information content (AvgIpc) is 3.36. The monoisotopic (exact) mass is 1040 g/mol. The predicted molar refractivity (Wildman–Crippen MR) is 276 cm³/mol. The lowest BCUT2D eigenvalue weighted by Gasteiger charge is -2.27. The molecule has 0 atom stereocenters. The van der Waals surface area contributed by atoms with Crippen LogP contribution < -0.4 is 9.13 Å². The maximum Gasteiger partial charge on any atom is 0.485 e. The molecule has 11 rings (SSSR count). The predicted octanol–water partition coefficient (Wildman–Crippen LogP) is 13.0. The number of nitrogens with zero attached hydrogens (tertiary/aromatic N) is 2. The highest BCUT2D eigenvalue weighted by atomic mass is 32.2. The molecule has 2 aliphatic heterocycles. The van der Waals surface area contributed by atoms with E-state index < -0.39 is 31.3 Å². The smallest absolute Gasteiger partial charge is 0.485 e. The number of pyridine rings is 2. The maximum atomic E-state index is 10.7. The van der Waals surface area contributed by atoms with Crippen LogP contribution >= 0.6 is 0 Å². The van der Waals surface area contributed by atoms with Gasteiger partial charge in [-0.2, -0.15) is 35.5 Å². The third-order valence-electron chi connectivity index (χ3n) is 14.1. The lowest BCUT2D eigenvalue weighted by atomic mass is 9.79. The van der Waals surface area contributed by atoms with Crippen molar-refractivity contribution in [3.63, 3.8) is 0 Å². The zero-order chi connectivity index (χ0) is 53.1. The van der Waals surface area contributed by atoms with Gasteiger partial charge in [0.25, 0.3) is 0 Å². The number of hydrogen-bond acceptors (Lipinski definition) is 6. The Hall–Kier alpha value is -7.24. The fourth-order valence-electron chi connectivity index (χ4n) is 10.4. The van der Waals surface area contributed by atoms with E-state index in [4.69, 9.17) is 25.9 Å². The van der Waals surface area contributed by atoms with Crippen LogP contribution in [0.4, 0.5) is 26.3 Å². The first-order valence-electron chi connectivity index (χ1n) is 23.4. The van der Waals surface area contributed by atoms with Crippen LogP contribution in [0.15, 0.2) is 134 Å². The first-order valence-corrected chi connectivity index (χ1v) is 26.2. The van der Waals surface area contributed by atoms with Crippen LogP contribution in [0.1, 0.15) is 55.6 Å². The van der Waals surface area contributed by atoms with E-state index in [1.165, 1.54) is 121 Å². The van der Waals surface area contributed by atoms with Gasteiger partial charge < -0.3 is 9.11 Å². The highest BCUT2D eigenvalue weighted by Crippen LogP contribution is 2.44. The molecule has 0 radical (unpaired) electrons. The van der Waals surface area contributed by atoms with Crippen LogP contribution in [0.3, 0.4) is 0 Å². The molecule has 2 aliphatic rings. The van der Waals surface area contributed by atoms with Crippen molar-refractivity contribution < 1.29 is 61.4 Å². The van der Waals surface area contributed by atoms with Crippen LogP contribution in [0.2, 0.25) is 0 Å². The Morgan fingerprint density at radius 2 is 0.703 bits per heavy atom. The fourth-order valence-corrected chi connectivity index (χ4v) is 10.4. The molecule has 0 N–H and O–H groups in total. The third kappa shape index (κ3) is 9.70. The van der Waals surface area contributed by atoms with Crippen LogP contribution in [0.25, 0.3) is 89.9 Å². The largest absolute Gasteiger partial charge is 0.741 e. The van der Waals surface area contributed by atoms with Crippen molar-refractivity contribution in [3.8, 4) is 22.5 Å². The second-order valence-electron chi connectivity index (χ2n) is 18.3. The Morgan fingerprint density at radius 1 is 0.432 bits per heavy atom. The highest BCUT2D eigenvalue weighted by Gasteiger charge is 2.38. The van der Waals surface area contributed by atoms with Crippen LogP contribution in [0.5, 0.6) is 0 Å². The van der Waals surface area contributed by atoms with Gasteiger partial charge in [-0.25, -0.2) is 16.8 Å². The minimum atomic E-state index is -6.09. The lowest BCUT2D eigenvalue weighted by molar-refractivity contribution is -0.689. The van der Waals surface area contributed by atoms with Gasteiger partial charge in [-0.15, -0.1) is 0 Å². The van der Waals surface area contributed by atoms with Gasteiger partial charge >= 0.3 is 11.0 Å². The van der Waals surface area contributed by atoms with Gasteiger partial charge in [0, 0.05) is 37.1 Å². The van der Waals surface area contributed by atoms with Crippen molar-refractivity contribution in [3.05, 3.63) is 189 Å². The topological polar surface area (TPSA) is 122 Å². The van der Waals surface area contributed by atoms with Crippen LogP contribution in [-0.2, 0) is 46.2 Å². The van der Waals surface area contributed by atoms with E-state index in [9.17, 15) is 26.3 Å². The minimum absolute atomic E-state index is 0.986. The minimum Gasteiger partial charge on any atom is -0.741 e. The Kier molecular flexibility index (Phi) is 13.6. The van der Waals surface area contributed by atoms with Crippen molar-refractivity contribution in [2.24, 2.45) is 0 Å². The van der Waals surface area contributed by atoms with E-state index in [0.29, 0.717) is 0 Å². The van der Waals surface area contributed by atoms with E-state index in [1.54, 1.807) is 0 Å². The lowest BCUT2D eigenvalue weighted by Crippen LogP contribution is -2.43.